The van der Waals surface area contributed by atoms with Gasteiger partial charge in [-0.25, -0.2) is 9.69 Å². The van der Waals surface area contributed by atoms with Gasteiger partial charge in [-0.2, -0.15) is 0 Å². The summed E-state index contributed by atoms with van der Waals surface area (Å²) in [6.45, 7) is 0. The average Bonchev–Trinajstić information content (AvgIpc) is 2.35. The second kappa shape index (κ2) is 5.60. The fourth-order valence-corrected chi connectivity index (χ4v) is 1.12. The zero-order chi connectivity index (χ0) is 12.8. The number of likely N-dealkylation sites (N-methyl/N-ethyl adjacent to an activating group) is 1. The van der Waals surface area contributed by atoms with Crippen LogP contribution in [0.3, 0.4) is 0 Å². The molecule has 17 heavy (non-hydrogen) atoms. The van der Waals surface area contributed by atoms with Gasteiger partial charge in [0.1, 0.15) is 0 Å². The van der Waals surface area contributed by atoms with Crippen LogP contribution in [0.1, 0.15) is 5.56 Å². The van der Waals surface area contributed by atoms with Gasteiger partial charge in [0, 0.05) is 7.05 Å². The third kappa shape index (κ3) is 3.27. The van der Waals surface area contributed by atoms with Gasteiger partial charge in [-0.05, 0) is 11.6 Å². The van der Waals surface area contributed by atoms with Crippen molar-refractivity contribution in [1.29, 1.82) is 0 Å². The van der Waals surface area contributed by atoms with Crippen LogP contribution in [-0.2, 0) is 9.59 Å². The van der Waals surface area contributed by atoms with Gasteiger partial charge >= 0.3 is 6.09 Å². The number of carbonyl (C=O) groups excluding carboxylic acids is 2. The summed E-state index contributed by atoms with van der Waals surface area (Å²) in [6, 6.07) is 8.63. The zero-order valence-corrected chi connectivity index (χ0v) is 9.08. The van der Waals surface area contributed by atoms with Crippen LogP contribution in [0.2, 0.25) is 0 Å². The van der Waals surface area contributed by atoms with E-state index in [0.717, 1.165) is 7.05 Å². The third-order valence-corrected chi connectivity index (χ3v) is 2.04. The van der Waals surface area contributed by atoms with Crippen LogP contribution < -0.4 is 0 Å². The van der Waals surface area contributed by atoms with Gasteiger partial charge < -0.3 is 5.11 Å². The number of carboxylic acid groups (broad SMARTS) is 1. The highest BCUT2D eigenvalue weighted by molar-refractivity contribution is 6.17. The van der Waals surface area contributed by atoms with Crippen LogP contribution in [0.15, 0.2) is 35.9 Å². The molecule has 1 N–H and O–H groups in total. The van der Waals surface area contributed by atoms with E-state index < -0.39 is 12.0 Å². The number of hydrogen-bond acceptors (Lipinski definition) is 3. The second-order valence-corrected chi connectivity index (χ2v) is 3.22. The van der Waals surface area contributed by atoms with E-state index >= 15 is 0 Å². The SMILES string of the molecule is CN(C(=O)O)C(=O)C([C]=O)=Cc1ccccc1. The highest BCUT2D eigenvalue weighted by Gasteiger charge is 2.19. The Morgan fingerprint density at radius 3 is 2.35 bits per heavy atom. The van der Waals surface area contributed by atoms with Crippen molar-refractivity contribution in [3.05, 3.63) is 41.5 Å². The second-order valence-electron chi connectivity index (χ2n) is 3.22. The van der Waals surface area contributed by atoms with Crippen molar-refractivity contribution in [2.24, 2.45) is 0 Å². The summed E-state index contributed by atoms with van der Waals surface area (Å²) in [5, 5.41) is 8.61. The Kier molecular flexibility index (Phi) is 4.16. The van der Waals surface area contributed by atoms with Crippen molar-refractivity contribution >= 4 is 24.4 Å². The number of carbonyl (C=O) groups is 2. The van der Waals surface area contributed by atoms with Crippen LogP contribution in [-0.4, -0.2) is 35.3 Å². The lowest BCUT2D eigenvalue weighted by Gasteiger charge is -2.09. The molecule has 0 aliphatic carbocycles. The molecule has 1 rings (SSSR count). The molecule has 1 radical (unpaired) electrons. The molecule has 0 unspecified atom stereocenters. The molecular formula is C12H10NO4. The number of benzene rings is 1. The maximum absolute atomic E-state index is 11.5. The standard InChI is InChI=1S/C12H10NO4/c1-13(12(16)17)11(15)10(8-14)7-9-5-3-2-4-6-9/h2-7H,1H3,(H,16,17). The fraction of sp³-hybridized carbons (Fsp3) is 0.0833. The van der Waals surface area contributed by atoms with Crippen molar-refractivity contribution in [1.82, 2.24) is 4.90 Å². The van der Waals surface area contributed by atoms with Crippen LogP contribution in [0.25, 0.3) is 6.08 Å². The van der Waals surface area contributed by atoms with E-state index in [0.29, 0.717) is 10.5 Å². The highest BCUT2D eigenvalue weighted by atomic mass is 16.4. The molecule has 0 atom stereocenters. The number of rotatable bonds is 3. The Morgan fingerprint density at radius 2 is 1.88 bits per heavy atom. The Labute approximate surface area is 98.0 Å². The molecule has 0 saturated heterocycles. The van der Waals surface area contributed by atoms with E-state index in [4.69, 9.17) is 5.11 Å². The summed E-state index contributed by atoms with van der Waals surface area (Å²) in [7, 11) is 1.07. The summed E-state index contributed by atoms with van der Waals surface area (Å²) in [4.78, 5) is 33.2. The molecule has 0 spiro atoms. The van der Waals surface area contributed by atoms with Crippen LogP contribution >= 0.6 is 0 Å². The van der Waals surface area contributed by atoms with Crippen molar-refractivity contribution in [3.8, 4) is 0 Å². The minimum atomic E-state index is -1.43. The molecule has 0 aliphatic rings. The maximum Gasteiger partial charge on any atom is 0.414 e. The molecule has 0 bridgehead atoms. The third-order valence-electron chi connectivity index (χ3n) is 2.04. The largest absolute Gasteiger partial charge is 0.465 e. The quantitative estimate of drug-likeness (QED) is 0.484. The molecular weight excluding hydrogens is 222 g/mol. The molecule has 0 saturated carbocycles. The summed E-state index contributed by atoms with van der Waals surface area (Å²) in [5.74, 6) is -0.906. The minimum absolute atomic E-state index is 0.332. The summed E-state index contributed by atoms with van der Waals surface area (Å²) in [5.41, 5.74) is 0.291. The Balaban J connectivity index is 3.00. The smallest absolute Gasteiger partial charge is 0.414 e. The molecule has 5 heteroatoms. The van der Waals surface area contributed by atoms with Gasteiger partial charge in [0.15, 0.2) is 0 Å². The summed E-state index contributed by atoms with van der Waals surface area (Å²) >= 11 is 0. The lowest BCUT2D eigenvalue weighted by atomic mass is 10.1. The van der Waals surface area contributed by atoms with Crippen molar-refractivity contribution in [2.45, 2.75) is 0 Å². The van der Waals surface area contributed by atoms with E-state index in [9.17, 15) is 14.4 Å². The van der Waals surface area contributed by atoms with Gasteiger partial charge in [-0.3, -0.25) is 9.59 Å². The summed E-state index contributed by atoms with van der Waals surface area (Å²) in [6.07, 6.45) is 1.30. The van der Waals surface area contributed by atoms with E-state index in [1.807, 2.05) is 0 Å². The van der Waals surface area contributed by atoms with Gasteiger partial charge in [0.2, 0.25) is 6.29 Å². The normalized spacial score (nSPS) is 10.8. The fourth-order valence-electron chi connectivity index (χ4n) is 1.12. The summed E-state index contributed by atoms with van der Waals surface area (Å²) < 4.78 is 0. The molecule has 87 valence electrons. The van der Waals surface area contributed by atoms with Crippen LogP contribution in [0, 0.1) is 0 Å². The van der Waals surface area contributed by atoms with Gasteiger partial charge in [-0.15, -0.1) is 0 Å². The number of amides is 2. The van der Waals surface area contributed by atoms with E-state index in [2.05, 4.69) is 0 Å². The predicted octanol–water partition coefficient (Wildman–Crippen LogP) is 1.32. The Bertz CT molecular complexity index is 465. The number of hydrogen-bond donors (Lipinski definition) is 1. The predicted molar refractivity (Wildman–Crippen MR) is 60.9 cm³/mol. The van der Waals surface area contributed by atoms with Crippen LogP contribution in [0.4, 0.5) is 4.79 Å². The van der Waals surface area contributed by atoms with E-state index in [1.165, 1.54) is 12.4 Å². The zero-order valence-electron chi connectivity index (χ0n) is 9.08. The van der Waals surface area contributed by atoms with E-state index in [-0.39, 0.29) is 5.57 Å². The molecule has 2 amide bonds. The molecule has 0 aromatic heterocycles. The molecule has 0 aliphatic heterocycles. The Hall–Kier alpha value is -2.43. The highest BCUT2D eigenvalue weighted by Crippen LogP contribution is 2.07. The van der Waals surface area contributed by atoms with Crippen LogP contribution in [0.5, 0.6) is 0 Å². The first-order chi connectivity index (χ1) is 8.06. The molecule has 1 aromatic rings. The molecule has 5 nitrogen and oxygen atoms in total. The minimum Gasteiger partial charge on any atom is -0.465 e. The molecule has 0 heterocycles. The number of nitrogens with zero attached hydrogens (tertiary/aromatic N) is 1. The average molecular weight is 232 g/mol. The van der Waals surface area contributed by atoms with Crippen molar-refractivity contribution < 1.29 is 19.5 Å². The molecule has 0 fully saturated rings. The lowest BCUT2D eigenvalue weighted by Crippen LogP contribution is -2.33. The van der Waals surface area contributed by atoms with Crippen molar-refractivity contribution in [2.75, 3.05) is 7.05 Å². The monoisotopic (exact) mass is 232 g/mol. The first-order valence-electron chi connectivity index (χ1n) is 4.72. The maximum atomic E-state index is 11.5. The first kappa shape index (κ1) is 12.6. The van der Waals surface area contributed by atoms with Gasteiger partial charge in [0.25, 0.3) is 5.91 Å². The number of imide groups is 1. The molecule has 1 aromatic carbocycles. The van der Waals surface area contributed by atoms with Gasteiger partial charge in [-0.1, -0.05) is 30.3 Å². The lowest BCUT2D eigenvalue weighted by molar-refractivity contribution is -0.123. The first-order valence-corrected chi connectivity index (χ1v) is 4.72. The van der Waals surface area contributed by atoms with Crippen molar-refractivity contribution in [3.63, 3.8) is 0 Å². The van der Waals surface area contributed by atoms with Gasteiger partial charge in [0.05, 0.1) is 5.57 Å². The topological polar surface area (TPSA) is 74.7 Å². The van der Waals surface area contributed by atoms with E-state index in [1.54, 1.807) is 30.3 Å². The Morgan fingerprint density at radius 1 is 1.29 bits per heavy atom.